The van der Waals surface area contributed by atoms with Crippen molar-refractivity contribution in [2.45, 2.75) is 0 Å². The first-order valence-electron chi connectivity index (χ1n) is 6.13. The lowest BCUT2D eigenvalue weighted by Crippen LogP contribution is -1.91. The predicted molar refractivity (Wildman–Crippen MR) is 79.3 cm³/mol. The lowest BCUT2D eigenvalue weighted by atomic mass is 10.2. The molecular formula is C15H11ClN2O3. The van der Waals surface area contributed by atoms with E-state index in [1.165, 1.54) is 6.20 Å². The summed E-state index contributed by atoms with van der Waals surface area (Å²) in [7, 11) is 1.60. The lowest BCUT2D eigenvalue weighted by molar-refractivity contribution is 0.412. The third-order valence-electron chi connectivity index (χ3n) is 2.92. The Morgan fingerprint density at radius 2 is 1.76 bits per heavy atom. The van der Waals surface area contributed by atoms with Gasteiger partial charge in [-0.1, -0.05) is 11.6 Å². The van der Waals surface area contributed by atoms with Gasteiger partial charge in [0.05, 0.1) is 13.3 Å². The molecule has 2 aromatic heterocycles. The van der Waals surface area contributed by atoms with Gasteiger partial charge in [0.2, 0.25) is 5.88 Å². The van der Waals surface area contributed by atoms with Gasteiger partial charge in [0.1, 0.15) is 22.8 Å². The van der Waals surface area contributed by atoms with Gasteiger partial charge < -0.3 is 14.6 Å². The van der Waals surface area contributed by atoms with Gasteiger partial charge in [-0.05, 0) is 30.3 Å². The number of halogens is 1. The highest BCUT2D eigenvalue weighted by Gasteiger charge is 2.09. The first kappa shape index (κ1) is 13.5. The molecule has 0 atom stereocenters. The van der Waals surface area contributed by atoms with E-state index in [9.17, 15) is 5.11 Å². The molecule has 0 aliphatic carbocycles. The van der Waals surface area contributed by atoms with Crippen molar-refractivity contribution in [3.8, 4) is 23.1 Å². The van der Waals surface area contributed by atoms with Gasteiger partial charge >= 0.3 is 0 Å². The molecule has 0 amide bonds. The fraction of sp³-hybridized carbons (Fsp3) is 0.0667. The molecule has 0 unspecified atom stereocenters. The molecule has 1 aromatic carbocycles. The molecule has 0 aliphatic heterocycles. The number of benzene rings is 1. The SMILES string of the molecule is COc1ccc(Oc2ccc3c(O)cnc(Cl)c3n2)cc1. The van der Waals surface area contributed by atoms with E-state index < -0.39 is 0 Å². The highest BCUT2D eigenvalue weighted by Crippen LogP contribution is 2.30. The number of hydrogen-bond donors (Lipinski definition) is 1. The van der Waals surface area contributed by atoms with Crippen LogP contribution in [-0.2, 0) is 0 Å². The van der Waals surface area contributed by atoms with Crippen molar-refractivity contribution < 1.29 is 14.6 Å². The van der Waals surface area contributed by atoms with Crippen LogP contribution in [0.4, 0.5) is 0 Å². The number of methoxy groups -OCH3 is 1. The van der Waals surface area contributed by atoms with Gasteiger partial charge in [-0.2, -0.15) is 0 Å². The van der Waals surface area contributed by atoms with Crippen molar-refractivity contribution in [2.24, 2.45) is 0 Å². The topological polar surface area (TPSA) is 64.5 Å². The van der Waals surface area contributed by atoms with Crippen LogP contribution in [0.15, 0.2) is 42.6 Å². The normalized spacial score (nSPS) is 10.6. The van der Waals surface area contributed by atoms with Gasteiger partial charge in [-0.15, -0.1) is 0 Å². The van der Waals surface area contributed by atoms with E-state index >= 15 is 0 Å². The second kappa shape index (κ2) is 5.46. The van der Waals surface area contributed by atoms with Crippen LogP contribution in [0.2, 0.25) is 5.15 Å². The van der Waals surface area contributed by atoms with Gasteiger partial charge in [0.25, 0.3) is 0 Å². The molecule has 21 heavy (non-hydrogen) atoms. The summed E-state index contributed by atoms with van der Waals surface area (Å²) < 4.78 is 10.7. The highest BCUT2D eigenvalue weighted by atomic mass is 35.5. The first-order chi connectivity index (χ1) is 10.2. The average Bonchev–Trinajstić information content (AvgIpc) is 2.52. The molecule has 2 heterocycles. The molecule has 0 fully saturated rings. The molecule has 0 radical (unpaired) electrons. The van der Waals surface area contributed by atoms with Crippen LogP contribution in [0.1, 0.15) is 0 Å². The van der Waals surface area contributed by atoms with Crippen LogP contribution < -0.4 is 9.47 Å². The molecular weight excluding hydrogens is 292 g/mol. The number of ether oxygens (including phenoxy) is 2. The van der Waals surface area contributed by atoms with E-state index in [1.807, 2.05) is 0 Å². The zero-order valence-corrected chi connectivity index (χ0v) is 11.8. The van der Waals surface area contributed by atoms with E-state index in [-0.39, 0.29) is 10.9 Å². The smallest absolute Gasteiger partial charge is 0.219 e. The van der Waals surface area contributed by atoms with Crippen LogP contribution in [0, 0.1) is 0 Å². The molecule has 106 valence electrons. The summed E-state index contributed by atoms with van der Waals surface area (Å²) in [5.74, 6) is 1.75. The number of nitrogens with zero attached hydrogens (tertiary/aromatic N) is 2. The molecule has 1 N–H and O–H groups in total. The molecule has 0 saturated carbocycles. The number of pyridine rings is 2. The lowest BCUT2D eigenvalue weighted by Gasteiger charge is -2.07. The van der Waals surface area contributed by atoms with Crippen molar-refractivity contribution in [2.75, 3.05) is 7.11 Å². The van der Waals surface area contributed by atoms with Crippen molar-refractivity contribution >= 4 is 22.5 Å². The number of aromatic nitrogens is 2. The second-order valence-electron chi connectivity index (χ2n) is 4.26. The van der Waals surface area contributed by atoms with E-state index in [0.29, 0.717) is 22.5 Å². The summed E-state index contributed by atoms with van der Waals surface area (Å²) in [6.07, 6.45) is 1.29. The average molecular weight is 303 g/mol. The van der Waals surface area contributed by atoms with Gasteiger partial charge in [0, 0.05) is 11.5 Å². The number of fused-ring (bicyclic) bond motifs is 1. The number of rotatable bonds is 3. The number of hydrogen-bond acceptors (Lipinski definition) is 5. The van der Waals surface area contributed by atoms with Crippen molar-refractivity contribution in [1.82, 2.24) is 9.97 Å². The Bertz CT molecular complexity index is 791. The third-order valence-corrected chi connectivity index (χ3v) is 3.20. The molecule has 0 aliphatic rings. The van der Waals surface area contributed by atoms with Crippen molar-refractivity contribution in [3.05, 3.63) is 47.7 Å². The summed E-state index contributed by atoms with van der Waals surface area (Å²) in [6.45, 7) is 0. The first-order valence-corrected chi connectivity index (χ1v) is 6.51. The fourth-order valence-electron chi connectivity index (χ4n) is 1.88. The van der Waals surface area contributed by atoms with Crippen LogP contribution >= 0.6 is 11.6 Å². The molecule has 0 bridgehead atoms. The van der Waals surface area contributed by atoms with E-state index in [4.69, 9.17) is 21.1 Å². The van der Waals surface area contributed by atoms with E-state index in [1.54, 1.807) is 43.5 Å². The zero-order valence-electron chi connectivity index (χ0n) is 11.1. The van der Waals surface area contributed by atoms with Crippen LogP contribution in [0.25, 0.3) is 10.9 Å². The molecule has 0 spiro atoms. The maximum Gasteiger partial charge on any atom is 0.219 e. The van der Waals surface area contributed by atoms with Crippen LogP contribution in [0.5, 0.6) is 23.1 Å². The second-order valence-corrected chi connectivity index (χ2v) is 4.62. The van der Waals surface area contributed by atoms with E-state index in [0.717, 1.165) is 5.75 Å². The van der Waals surface area contributed by atoms with Crippen molar-refractivity contribution in [1.29, 1.82) is 0 Å². The Morgan fingerprint density at radius 3 is 2.48 bits per heavy atom. The highest BCUT2D eigenvalue weighted by molar-refractivity contribution is 6.33. The predicted octanol–water partition coefficient (Wildman–Crippen LogP) is 3.79. The van der Waals surface area contributed by atoms with E-state index in [2.05, 4.69) is 9.97 Å². The Hall–Kier alpha value is -2.53. The summed E-state index contributed by atoms with van der Waals surface area (Å²) in [5.41, 5.74) is 0.391. The summed E-state index contributed by atoms with van der Waals surface area (Å²) in [4.78, 5) is 8.12. The minimum absolute atomic E-state index is 0.0258. The fourth-order valence-corrected chi connectivity index (χ4v) is 2.07. The summed E-state index contributed by atoms with van der Waals surface area (Å²) >= 11 is 5.99. The standard InChI is InChI=1S/C15H11ClN2O3/c1-20-9-2-4-10(5-3-9)21-13-7-6-11-12(19)8-17-15(16)14(11)18-13/h2-8,19H,1H3. The van der Waals surface area contributed by atoms with Gasteiger partial charge in [-0.3, -0.25) is 0 Å². The Labute approximate surface area is 125 Å². The number of aromatic hydroxyl groups is 1. The molecule has 5 nitrogen and oxygen atoms in total. The maximum absolute atomic E-state index is 9.72. The third kappa shape index (κ3) is 2.68. The Kier molecular flexibility index (Phi) is 3.50. The molecule has 6 heteroatoms. The largest absolute Gasteiger partial charge is 0.506 e. The minimum atomic E-state index is 0.0258. The Balaban J connectivity index is 1.95. The van der Waals surface area contributed by atoms with Gasteiger partial charge in [-0.25, -0.2) is 9.97 Å². The minimum Gasteiger partial charge on any atom is -0.506 e. The quantitative estimate of drug-likeness (QED) is 0.746. The monoisotopic (exact) mass is 302 g/mol. The van der Waals surface area contributed by atoms with Gasteiger partial charge in [0.15, 0.2) is 5.15 Å². The maximum atomic E-state index is 9.72. The zero-order chi connectivity index (χ0) is 14.8. The summed E-state index contributed by atoms with van der Waals surface area (Å²) in [6, 6.07) is 10.5. The molecule has 3 aromatic rings. The summed E-state index contributed by atoms with van der Waals surface area (Å²) in [5, 5.41) is 10.5. The molecule has 0 saturated heterocycles. The van der Waals surface area contributed by atoms with Crippen LogP contribution in [0.3, 0.4) is 0 Å². The Morgan fingerprint density at radius 1 is 1.05 bits per heavy atom. The molecule has 3 rings (SSSR count). The van der Waals surface area contributed by atoms with Crippen molar-refractivity contribution in [3.63, 3.8) is 0 Å². The van der Waals surface area contributed by atoms with Crippen LogP contribution in [-0.4, -0.2) is 22.2 Å².